The second-order valence-corrected chi connectivity index (χ2v) is 5.95. The zero-order valence-electron chi connectivity index (χ0n) is 11.1. The van der Waals surface area contributed by atoms with Gasteiger partial charge in [-0.3, -0.25) is 0 Å². The number of fused-ring (bicyclic) bond motifs is 1. The van der Waals surface area contributed by atoms with Crippen LogP contribution in [0.15, 0.2) is 24.3 Å². The van der Waals surface area contributed by atoms with Gasteiger partial charge >= 0.3 is 0 Å². The summed E-state index contributed by atoms with van der Waals surface area (Å²) in [5.41, 5.74) is 3.26. The molecule has 0 aliphatic carbocycles. The molecule has 1 aromatic heterocycles. The minimum Gasteiger partial charge on any atom is -0.386 e. The first-order valence-electron chi connectivity index (χ1n) is 6.31. The van der Waals surface area contributed by atoms with Gasteiger partial charge in [-0.05, 0) is 24.3 Å². The lowest BCUT2D eigenvalue weighted by Gasteiger charge is -2.16. The second-order valence-electron chi connectivity index (χ2n) is 4.92. The van der Waals surface area contributed by atoms with Gasteiger partial charge in [-0.15, -0.1) is 11.3 Å². The van der Waals surface area contributed by atoms with Crippen LogP contribution in [0, 0.1) is 0 Å². The van der Waals surface area contributed by atoms with E-state index in [0.717, 1.165) is 27.7 Å². The summed E-state index contributed by atoms with van der Waals surface area (Å²) >= 11 is 1.60. The molecule has 1 aromatic carbocycles. The zero-order chi connectivity index (χ0) is 13.4. The van der Waals surface area contributed by atoms with Crippen molar-refractivity contribution in [3.63, 3.8) is 0 Å². The average Bonchev–Trinajstić information content (AvgIpc) is 2.84. The summed E-state index contributed by atoms with van der Waals surface area (Å²) in [4.78, 5) is 7.71. The number of benzene rings is 1. The number of nitrogens with one attached hydrogen (secondary N) is 1. The lowest BCUT2D eigenvalue weighted by Crippen LogP contribution is -2.26. The lowest BCUT2D eigenvalue weighted by atomic mass is 10.2. The molecule has 100 valence electrons. The van der Waals surface area contributed by atoms with Gasteiger partial charge < -0.3 is 15.3 Å². The number of thiazole rings is 1. The molecule has 0 saturated carbocycles. The Balaban J connectivity index is 1.94. The first-order valence-corrected chi connectivity index (χ1v) is 7.13. The van der Waals surface area contributed by atoms with Crippen molar-refractivity contribution in [3.05, 3.63) is 34.8 Å². The molecule has 2 N–H and O–H groups in total. The maximum atomic E-state index is 9.94. The molecule has 1 aliphatic heterocycles. The van der Waals surface area contributed by atoms with Crippen LogP contribution in [0.1, 0.15) is 16.7 Å². The van der Waals surface area contributed by atoms with Crippen LogP contribution in [0.3, 0.4) is 0 Å². The Labute approximate surface area is 116 Å². The predicted molar refractivity (Wildman–Crippen MR) is 78.5 cm³/mol. The van der Waals surface area contributed by atoms with E-state index in [2.05, 4.69) is 39.5 Å². The quantitative estimate of drug-likeness (QED) is 0.880. The third-order valence-corrected chi connectivity index (χ3v) is 4.54. The largest absolute Gasteiger partial charge is 0.386 e. The van der Waals surface area contributed by atoms with Gasteiger partial charge in [0, 0.05) is 38.4 Å². The highest BCUT2D eigenvalue weighted by molar-refractivity contribution is 7.15. The molecule has 0 saturated heterocycles. The van der Waals surface area contributed by atoms with E-state index in [0.29, 0.717) is 6.54 Å². The van der Waals surface area contributed by atoms with E-state index in [1.807, 2.05) is 14.1 Å². The van der Waals surface area contributed by atoms with Crippen molar-refractivity contribution in [2.75, 3.05) is 25.5 Å². The van der Waals surface area contributed by atoms with Crippen LogP contribution < -0.4 is 10.2 Å². The standard InChI is InChI=1S/C14H17N3OS/c1-17(2)10-5-3-9(4-6-10)14-16-11-7-15-8-12(18)13(11)19-14/h3-6,12,15,18H,7-8H2,1-2H3/t12-/m0/s1. The molecule has 0 bridgehead atoms. The number of β-amino-alcohol motifs (C(OH)–C–C–N with tert-alkyl or cyclic N) is 1. The molecule has 3 rings (SSSR count). The molecular weight excluding hydrogens is 258 g/mol. The highest BCUT2D eigenvalue weighted by Crippen LogP contribution is 2.34. The summed E-state index contributed by atoms with van der Waals surface area (Å²) in [5, 5.41) is 14.1. The summed E-state index contributed by atoms with van der Waals surface area (Å²) in [6.45, 7) is 1.37. The van der Waals surface area contributed by atoms with Gasteiger partial charge in [-0.1, -0.05) is 0 Å². The van der Waals surface area contributed by atoms with E-state index < -0.39 is 6.10 Å². The third kappa shape index (κ3) is 2.36. The van der Waals surface area contributed by atoms with Crippen LogP contribution in [0.5, 0.6) is 0 Å². The fourth-order valence-corrected chi connectivity index (χ4v) is 3.27. The van der Waals surface area contributed by atoms with Crippen molar-refractivity contribution in [2.45, 2.75) is 12.6 Å². The Morgan fingerprint density at radius 2 is 2.05 bits per heavy atom. The van der Waals surface area contributed by atoms with E-state index in [9.17, 15) is 5.11 Å². The van der Waals surface area contributed by atoms with Gasteiger partial charge in [0.25, 0.3) is 0 Å². The number of aliphatic hydroxyl groups excluding tert-OH is 1. The van der Waals surface area contributed by atoms with Crippen LogP contribution in [-0.4, -0.2) is 30.7 Å². The Kier molecular flexibility index (Phi) is 3.26. The number of hydrogen-bond donors (Lipinski definition) is 2. The minimum absolute atomic E-state index is 0.420. The van der Waals surface area contributed by atoms with Gasteiger partial charge in [-0.25, -0.2) is 4.98 Å². The lowest BCUT2D eigenvalue weighted by molar-refractivity contribution is 0.168. The van der Waals surface area contributed by atoms with Gasteiger partial charge in [0.1, 0.15) is 11.1 Å². The van der Waals surface area contributed by atoms with Crippen LogP contribution >= 0.6 is 11.3 Å². The molecule has 4 nitrogen and oxygen atoms in total. The van der Waals surface area contributed by atoms with E-state index in [1.54, 1.807) is 11.3 Å². The Hall–Kier alpha value is -1.43. The molecule has 19 heavy (non-hydrogen) atoms. The zero-order valence-corrected chi connectivity index (χ0v) is 11.9. The van der Waals surface area contributed by atoms with Gasteiger partial charge in [-0.2, -0.15) is 0 Å². The number of nitrogens with zero attached hydrogens (tertiary/aromatic N) is 2. The van der Waals surface area contributed by atoms with Crippen molar-refractivity contribution in [2.24, 2.45) is 0 Å². The monoisotopic (exact) mass is 275 g/mol. The van der Waals surface area contributed by atoms with Crippen molar-refractivity contribution in [1.82, 2.24) is 10.3 Å². The Morgan fingerprint density at radius 1 is 1.32 bits per heavy atom. The molecule has 0 radical (unpaired) electrons. The van der Waals surface area contributed by atoms with Crippen molar-refractivity contribution >= 4 is 17.0 Å². The van der Waals surface area contributed by atoms with Crippen molar-refractivity contribution < 1.29 is 5.11 Å². The molecular formula is C14H17N3OS. The maximum absolute atomic E-state index is 9.94. The second kappa shape index (κ2) is 4.92. The number of anilines is 1. The topological polar surface area (TPSA) is 48.4 Å². The van der Waals surface area contributed by atoms with Crippen molar-refractivity contribution in [1.29, 1.82) is 0 Å². The molecule has 2 aromatic rings. The van der Waals surface area contributed by atoms with E-state index in [-0.39, 0.29) is 0 Å². The molecule has 0 unspecified atom stereocenters. The Morgan fingerprint density at radius 3 is 2.68 bits per heavy atom. The van der Waals surface area contributed by atoms with Gasteiger partial charge in [0.2, 0.25) is 0 Å². The van der Waals surface area contributed by atoms with E-state index >= 15 is 0 Å². The fraction of sp³-hybridized carbons (Fsp3) is 0.357. The number of hydrogen-bond acceptors (Lipinski definition) is 5. The third-order valence-electron chi connectivity index (χ3n) is 3.29. The summed E-state index contributed by atoms with van der Waals surface area (Å²) < 4.78 is 0. The smallest absolute Gasteiger partial charge is 0.124 e. The summed E-state index contributed by atoms with van der Waals surface area (Å²) in [7, 11) is 4.05. The first-order chi connectivity index (χ1) is 9.15. The molecule has 0 fully saturated rings. The number of aromatic nitrogens is 1. The van der Waals surface area contributed by atoms with Crippen LogP contribution in [0.2, 0.25) is 0 Å². The van der Waals surface area contributed by atoms with Crippen LogP contribution in [-0.2, 0) is 6.54 Å². The minimum atomic E-state index is -0.420. The normalized spacial score (nSPS) is 18.2. The summed E-state index contributed by atoms with van der Waals surface area (Å²) in [6, 6.07) is 8.34. The average molecular weight is 275 g/mol. The fourth-order valence-electron chi connectivity index (χ4n) is 2.20. The number of rotatable bonds is 2. The molecule has 1 atom stereocenters. The number of aliphatic hydroxyl groups is 1. The highest BCUT2D eigenvalue weighted by Gasteiger charge is 2.22. The summed E-state index contributed by atoms with van der Waals surface area (Å²) in [5.74, 6) is 0. The first kappa shape index (κ1) is 12.6. The van der Waals surface area contributed by atoms with Gasteiger partial charge in [0.05, 0.1) is 10.6 Å². The molecule has 0 amide bonds. The van der Waals surface area contributed by atoms with E-state index in [1.165, 1.54) is 5.69 Å². The van der Waals surface area contributed by atoms with E-state index in [4.69, 9.17) is 0 Å². The Bertz CT molecular complexity index is 577. The maximum Gasteiger partial charge on any atom is 0.124 e. The highest BCUT2D eigenvalue weighted by atomic mass is 32.1. The van der Waals surface area contributed by atoms with Gasteiger partial charge in [0.15, 0.2) is 0 Å². The SMILES string of the molecule is CN(C)c1ccc(-c2nc3c(s2)[C@@H](O)CNC3)cc1. The van der Waals surface area contributed by atoms with Crippen molar-refractivity contribution in [3.8, 4) is 10.6 Å². The molecule has 5 heteroatoms. The predicted octanol–water partition coefficient (Wildman–Crippen LogP) is 2.01. The molecule has 2 heterocycles. The van der Waals surface area contributed by atoms with Crippen LogP contribution in [0.25, 0.3) is 10.6 Å². The van der Waals surface area contributed by atoms with Crippen LogP contribution in [0.4, 0.5) is 5.69 Å². The molecule has 1 aliphatic rings. The molecule has 0 spiro atoms. The summed E-state index contributed by atoms with van der Waals surface area (Å²) in [6.07, 6.45) is -0.420.